The summed E-state index contributed by atoms with van der Waals surface area (Å²) in [6, 6.07) is -0.992. The van der Waals surface area contributed by atoms with Crippen molar-refractivity contribution < 1.29 is 33.5 Å². The van der Waals surface area contributed by atoms with Gasteiger partial charge in [0.1, 0.15) is 0 Å². The Morgan fingerprint density at radius 2 is 1.27 bits per heavy atom. The summed E-state index contributed by atoms with van der Waals surface area (Å²) in [5.74, 6) is -0.484. The number of rotatable bonds is 32. The van der Waals surface area contributed by atoms with Crippen LogP contribution in [0, 0.1) is 0 Å². The van der Waals surface area contributed by atoms with Gasteiger partial charge in [0.25, 0.3) is 0 Å². The number of aliphatic hydroxyl groups is 2. The first-order valence-corrected chi connectivity index (χ1v) is 19.0. The average molecular weight is 647 g/mol. The monoisotopic (exact) mass is 646 g/mol. The Labute approximate surface area is 269 Å². The van der Waals surface area contributed by atoms with Crippen molar-refractivity contribution in [3.63, 3.8) is 0 Å². The number of phosphoric acid groups is 1. The van der Waals surface area contributed by atoms with Gasteiger partial charge in [-0.3, -0.25) is 13.8 Å². The molecule has 0 aliphatic rings. The fourth-order valence-electron chi connectivity index (χ4n) is 4.88. The molecule has 4 unspecified atom stereocenters. The number of nitrogens with one attached hydrogen (secondary N) is 1. The molecule has 0 fully saturated rings. The number of carbonyl (C=O) groups excluding carboxylic acids is 1. The third-order valence-electron chi connectivity index (χ3n) is 7.58. The molecule has 4 atom stereocenters. The second-order valence-electron chi connectivity index (χ2n) is 11.9. The Morgan fingerprint density at radius 3 is 1.82 bits per heavy atom. The van der Waals surface area contributed by atoms with E-state index in [-0.39, 0.29) is 19.6 Å². The highest BCUT2D eigenvalue weighted by atomic mass is 31.2. The van der Waals surface area contributed by atoms with Crippen LogP contribution in [0.25, 0.3) is 0 Å². The van der Waals surface area contributed by atoms with E-state index in [9.17, 15) is 24.5 Å². The molecule has 10 heteroatoms. The molecular weight excluding hydrogens is 579 g/mol. The van der Waals surface area contributed by atoms with Crippen LogP contribution in [0.5, 0.6) is 0 Å². The number of hydrogen-bond donors (Lipinski definition) is 5. The van der Waals surface area contributed by atoms with E-state index in [1.165, 1.54) is 89.9 Å². The molecule has 0 saturated heterocycles. The van der Waals surface area contributed by atoms with Gasteiger partial charge < -0.3 is 26.2 Å². The lowest BCUT2D eigenvalue weighted by molar-refractivity contribution is -0.124. The third-order valence-corrected chi connectivity index (χ3v) is 8.56. The van der Waals surface area contributed by atoms with Crippen molar-refractivity contribution in [3.05, 3.63) is 24.3 Å². The van der Waals surface area contributed by atoms with Gasteiger partial charge >= 0.3 is 7.82 Å². The highest BCUT2D eigenvalue weighted by Crippen LogP contribution is 2.43. The number of aliphatic hydroxyl groups excluding tert-OH is 2. The lowest BCUT2D eigenvalue weighted by Gasteiger charge is -2.23. The number of unbranched alkanes of at least 4 members (excludes halogenated alkanes) is 17. The molecule has 1 amide bonds. The molecule has 0 aliphatic heterocycles. The molecule has 0 rings (SSSR count). The molecule has 260 valence electrons. The minimum atomic E-state index is -4.39. The predicted octanol–water partition coefficient (Wildman–Crippen LogP) is 7.63. The number of nitrogens with two attached hydrogens (primary N) is 1. The molecule has 0 spiro atoms. The maximum atomic E-state index is 12.6. The lowest BCUT2D eigenvalue weighted by Crippen LogP contribution is -2.46. The fraction of sp³-hybridized carbons (Fsp3) is 0.853. The van der Waals surface area contributed by atoms with Gasteiger partial charge in [-0.15, -0.1) is 0 Å². The van der Waals surface area contributed by atoms with Gasteiger partial charge in [-0.05, 0) is 32.1 Å². The Hall–Kier alpha value is -1.06. The van der Waals surface area contributed by atoms with Crippen LogP contribution in [0.2, 0.25) is 0 Å². The normalized spacial score (nSPS) is 15.5. The number of phosphoric ester groups is 1. The average Bonchev–Trinajstić information content (AvgIpc) is 2.99. The summed E-state index contributed by atoms with van der Waals surface area (Å²) in [6.45, 7) is 3.86. The van der Waals surface area contributed by atoms with E-state index in [0.29, 0.717) is 6.42 Å². The Bertz CT molecular complexity index is 766. The maximum Gasteiger partial charge on any atom is 0.472 e. The highest BCUT2D eigenvalue weighted by molar-refractivity contribution is 7.47. The van der Waals surface area contributed by atoms with Gasteiger partial charge in [0.05, 0.1) is 37.9 Å². The number of amides is 1. The molecule has 0 heterocycles. The first kappa shape index (κ1) is 42.9. The van der Waals surface area contributed by atoms with Crippen LogP contribution in [-0.4, -0.2) is 59.0 Å². The predicted molar refractivity (Wildman–Crippen MR) is 181 cm³/mol. The molecule has 9 nitrogen and oxygen atoms in total. The van der Waals surface area contributed by atoms with E-state index in [1.54, 1.807) is 6.08 Å². The van der Waals surface area contributed by atoms with Crippen LogP contribution >= 0.6 is 7.82 Å². The van der Waals surface area contributed by atoms with Crippen LogP contribution in [0.4, 0.5) is 0 Å². The molecule has 0 aromatic carbocycles. The molecular formula is C34H67N2O7P. The Morgan fingerprint density at radius 1 is 0.773 bits per heavy atom. The molecule has 0 aromatic heterocycles. The minimum Gasteiger partial charge on any atom is -0.392 e. The summed E-state index contributed by atoms with van der Waals surface area (Å²) in [6.07, 6.45) is 28.6. The number of carbonyl (C=O) groups is 1. The zero-order chi connectivity index (χ0) is 32.7. The van der Waals surface area contributed by atoms with E-state index in [1.807, 2.05) is 18.2 Å². The second kappa shape index (κ2) is 30.6. The van der Waals surface area contributed by atoms with Crippen LogP contribution in [0.1, 0.15) is 149 Å². The van der Waals surface area contributed by atoms with Crippen LogP contribution in [0.15, 0.2) is 24.3 Å². The van der Waals surface area contributed by atoms with Crippen molar-refractivity contribution in [2.24, 2.45) is 5.73 Å². The van der Waals surface area contributed by atoms with Gasteiger partial charge in [-0.25, -0.2) is 4.57 Å². The van der Waals surface area contributed by atoms with Crippen LogP contribution in [0.3, 0.4) is 0 Å². The molecule has 0 aliphatic carbocycles. The summed E-state index contributed by atoms with van der Waals surface area (Å²) in [4.78, 5) is 22.5. The van der Waals surface area contributed by atoms with E-state index >= 15 is 0 Å². The standard InChI is InChI=1S/C34H67N2O7P/c1-3-5-7-9-11-12-13-14-15-16-17-18-20-22-24-26-33(38)32(30-43-44(40,41)42-28-27-35)36-34(39)29-31(37)25-23-21-19-10-8-6-4-2/h21,23-24,26,31-33,37-38H,3-20,22,25,27-30,35H2,1-2H3,(H,36,39)(H,40,41)/b23-21-,26-24+. The SMILES string of the molecule is CCCCCC/C=C\CC(O)CC(=O)NC(COP(=O)(O)OCCN)C(O)/C=C/CCCCCCCCCCCCCCC. The van der Waals surface area contributed by atoms with Crippen molar-refractivity contribution in [1.29, 1.82) is 0 Å². The minimum absolute atomic E-state index is 0.0453. The molecule has 6 N–H and O–H groups in total. The van der Waals surface area contributed by atoms with Crippen LogP contribution < -0.4 is 11.1 Å². The van der Waals surface area contributed by atoms with E-state index in [0.717, 1.165) is 32.1 Å². The quantitative estimate of drug-likeness (QED) is 0.0284. The van der Waals surface area contributed by atoms with E-state index in [4.69, 9.17) is 14.8 Å². The second-order valence-corrected chi connectivity index (χ2v) is 13.4. The topological polar surface area (TPSA) is 151 Å². The summed E-state index contributed by atoms with van der Waals surface area (Å²) < 4.78 is 21.9. The van der Waals surface area contributed by atoms with Gasteiger partial charge in [0.2, 0.25) is 5.91 Å². The molecule has 0 radical (unpaired) electrons. The smallest absolute Gasteiger partial charge is 0.392 e. The van der Waals surface area contributed by atoms with Crippen molar-refractivity contribution in [2.75, 3.05) is 19.8 Å². The first-order valence-electron chi connectivity index (χ1n) is 17.5. The highest BCUT2D eigenvalue weighted by Gasteiger charge is 2.27. The molecule has 44 heavy (non-hydrogen) atoms. The van der Waals surface area contributed by atoms with Gasteiger partial charge in [-0.1, -0.05) is 134 Å². The van der Waals surface area contributed by atoms with Gasteiger partial charge in [0, 0.05) is 6.54 Å². The van der Waals surface area contributed by atoms with Crippen LogP contribution in [-0.2, 0) is 18.4 Å². The number of hydrogen-bond acceptors (Lipinski definition) is 7. The summed E-state index contributed by atoms with van der Waals surface area (Å²) >= 11 is 0. The zero-order valence-corrected chi connectivity index (χ0v) is 28.9. The summed E-state index contributed by atoms with van der Waals surface area (Å²) in [7, 11) is -4.39. The first-order chi connectivity index (χ1) is 21.3. The zero-order valence-electron chi connectivity index (χ0n) is 28.0. The maximum absolute atomic E-state index is 12.6. The molecule has 0 saturated carbocycles. The Balaban J connectivity index is 4.51. The Kier molecular flexibility index (Phi) is 29.8. The molecule has 0 bridgehead atoms. The van der Waals surface area contributed by atoms with Crippen molar-refractivity contribution >= 4 is 13.7 Å². The van der Waals surface area contributed by atoms with Crippen molar-refractivity contribution in [3.8, 4) is 0 Å². The van der Waals surface area contributed by atoms with E-state index < -0.39 is 38.6 Å². The summed E-state index contributed by atoms with van der Waals surface area (Å²) in [5, 5.41) is 23.7. The van der Waals surface area contributed by atoms with Crippen molar-refractivity contribution in [1.82, 2.24) is 5.32 Å². The fourth-order valence-corrected chi connectivity index (χ4v) is 5.64. The third kappa shape index (κ3) is 28.4. The van der Waals surface area contributed by atoms with Gasteiger partial charge in [-0.2, -0.15) is 0 Å². The van der Waals surface area contributed by atoms with E-state index in [2.05, 4.69) is 19.2 Å². The number of allylic oxidation sites excluding steroid dienone is 2. The largest absolute Gasteiger partial charge is 0.472 e. The van der Waals surface area contributed by atoms with Gasteiger partial charge in [0.15, 0.2) is 0 Å². The molecule has 0 aromatic rings. The van der Waals surface area contributed by atoms with Crippen molar-refractivity contribution in [2.45, 2.75) is 167 Å². The summed E-state index contributed by atoms with van der Waals surface area (Å²) in [5.41, 5.74) is 5.32. The lowest BCUT2D eigenvalue weighted by atomic mass is 10.0.